The van der Waals surface area contributed by atoms with E-state index >= 15 is 0 Å². The minimum absolute atomic E-state index is 0.0413. The molecule has 1 atom stereocenters. The molecule has 1 N–H and O–H groups in total. The van der Waals surface area contributed by atoms with Crippen LogP contribution in [-0.2, 0) is 9.53 Å². The molecule has 148 valence electrons. The fourth-order valence-corrected chi connectivity index (χ4v) is 4.54. The Bertz CT molecular complexity index is 884. The quantitative estimate of drug-likeness (QED) is 0.880. The van der Waals surface area contributed by atoms with Gasteiger partial charge in [-0.25, -0.2) is 4.79 Å². The summed E-state index contributed by atoms with van der Waals surface area (Å²) >= 11 is 0. The average molecular weight is 382 g/mol. The lowest BCUT2D eigenvalue weighted by Gasteiger charge is -2.44. The van der Waals surface area contributed by atoms with Gasteiger partial charge in [-0.1, -0.05) is 43.3 Å². The van der Waals surface area contributed by atoms with Crippen LogP contribution in [0.25, 0.3) is 10.8 Å². The molecule has 2 aliphatic rings. The number of aliphatic carboxylic acids is 1. The second-order valence-electron chi connectivity index (χ2n) is 7.65. The number of rotatable bonds is 4. The molecule has 0 radical (unpaired) electrons. The number of benzene rings is 2. The van der Waals surface area contributed by atoms with Crippen LogP contribution in [-0.4, -0.2) is 64.8 Å². The molecule has 2 fully saturated rings. The lowest BCUT2D eigenvalue weighted by atomic mass is 9.95. The predicted molar refractivity (Wildman–Crippen MR) is 106 cm³/mol. The van der Waals surface area contributed by atoms with Crippen molar-refractivity contribution in [1.82, 2.24) is 9.80 Å². The summed E-state index contributed by atoms with van der Waals surface area (Å²) in [4.78, 5) is 29.4. The van der Waals surface area contributed by atoms with Crippen LogP contribution in [0.2, 0.25) is 0 Å². The Kier molecular flexibility index (Phi) is 5.08. The Morgan fingerprint density at radius 2 is 1.86 bits per heavy atom. The highest BCUT2D eigenvalue weighted by Crippen LogP contribution is 2.39. The Balaban J connectivity index is 1.71. The number of hydrogen-bond donors (Lipinski definition) is 1. The maximum Gasteiger partial charge on any atom is 0.328 e. The summed E-state index contributed by atoms with van der Waals surface area (Å²) < 4.78 is 6.05. The van der Waals surface area contributed by atoms with Gasteiger partial charge >= 0.3 is 5.97 Å². The van der Waals surface area contributed by atoms with Crippen LogP contribution in [0.1, 0.15) is 36.5 Å². The highest BCUT2D eigenvalue weighted by atomic mass is 16.5. The summed E-state index contributed by atoms with van der Waals surface area (Å²) in [5, 5.41) is 11.6. The molecular formula is C22H26N2O4. The van der Waals surface area contributed by atoms with Crippen molar-refractivity contribution in [3.8, 4) is 0 Å². The predicted octanol–water partition coefficient (Wildman–Crippen LogP) is 2.97. The third-order valence-electron chi connectivity index (χ3n) is 5.96. The molecule has 2 aromatic rings. The highest BCUT2D eigenvalue weighted by molar-refractivity contribution is 6.08. The summed E-state index contributed by atoms with van der Waals surface area (Å²) in [5.41, 5.74) is -0.299. The molecule has 0 bridgehead atoms. The molecule has 2 heterocycles. The first-order valence-electron chi connectivity index (χ1n) is 9.96. The van der Waals surface area contributed by atoms with E-state index in [9.17, 15) is 14.7 Å². The summed E-state index contributed by atoms with van der Waals surface area (Å²) in [6.45, 7) is 4.81. The van der Waals surface area contributed by atoms with Crippen molar-refractivity contribution in [2.45, 2.75) is 38.0 Å². The van der Waals surface area contributed by atoms with Crippen molar-refractivity contribution in [3.63, 3.8) is 0 Å². The summed E-state index contributed by atoms with van der Waals surface area (Å²) in [6.07, 6.45) is 2.34. The Morgan fingerprint density at radius 3 is 2.57 bits per heavy atom. The van der Waals surface area contributed by atoms with E-state index in [4.69, 9.17) is 4.74 Å². The summed E-state index contributed by atoms with van der Waals surface area (Å²) in [6, 6.07) is 12.3. The van der Waals surface area contributed by atoms with Gasteiger partial charge in [0.05, 0.1) is 6.61 Å². The first-order chi connectivity index (χ1) is 13.6. The lowest BCUT2D eigenvalue weighted by molar-refractivity contribution is -0.143. The number of likely N-dealkylation sites (tertiary alicyclic amines) is 1. The van der Waals surface area contributed by atoms with Gasteiger partial charge < -0.3 is 14.7 Å². The number of carbonyl (C=O) groups excluding carboxylic acids is 1. The van der Waals surface area contributed by atoms with E-state index < -0.39 is 17.7 Å². The van der Waals surface area contributed by atoms with Gasteiger partial charge in [-0.05, 0) is 29.8 Å². The molecule has 0 aliphatic carbocycles. The second-order valence-corrected chi connectivity index (χ2v) is 7.65. The normalized spacial score (nSPS) is 22.0. The number of carboxylic acid groups (broad SMARTS) is 1. The average Bonchev–Trinajstić information content (AvgIpc) is 3.08. The molecular weight excluding hydrogens is 356 g/mol. The van der Waals surface area contributed by atoms with Crippen LogP contribution in [0.15, 0.2) is 42.5 Å². The second kappa shape index (κ2) is 7.53. The van der Waals surface area contributed by atoms with E-state index in [1.807, 2.05) is 36.4 Å². The van der Waals surface area contributed by atoms with Gasteiger partial charge in [0, 0.05) is 31.5 Å². The fraction of sp³-hybridized carbons (Fsp3) is 0.455. The van der Waals surface area contributed by atoms with Gasteiger partial charge in [-0.2, -0.15) is 0 Å². The van der Waals surface area contributed by atoms with Crippen molar-refractivity contribution in [2.75, 3.05) is 26.2 Å². The number of ether oxygens (including phenoxy) is 1. The number of carbonyl (C=O) groups is 2. The van der Waals surface area contributed by atoms with Crippen molar-refractivity contribution >= 4 is 22.6 Å². The van der Waals surface area contributed by atoms with Gasteiger partial charge in [-0.15, -0.1) is 0 Å². The molecule has 2 aromatic carbocycles. The zero-order valence-electron chi connectivity index (χ0n) is 16.1. The molecule has 2 saturated heterocycles. The van der Waals surface area contributed by atoms with Crippen molar-refractivity contribution in [3.05, 3.63) is 48.0 Å². The molecule has 1 amide bonds. The summed E-state index contributed by atoms with van der Waals surface area (Å²) in [5.74, 6) is -1.27. The molecule has 0 saturated carbocycles. The number of nitrogens with zero attached hydrogens (tertiary/aromatic N) is 2. The van der Waals surface area contributed by atoms with E-state index in [2.05, 4.69) is 11.8 Å². The van der Waals surface area contributed by atoms with Crippen molar-refractivity contribution in [2.24, 2.45) is 0 Å². The van der Waals surface area contributed by atoms with E-state index in [1.54, 1.807) is 6.07 Å². The molecule has 1 spiro atoms. The van der Waals surface area contributed by atoms with E-state index in [1.165, 1.54) is 4.90 Å². The van der Waals surface area contributed by atoms with Crippen LogP contribution in [0.4, 0.5) is 0 Å². The van der Waals surface area contributed by atoms with Gasteiger partial charge in [0.1, 0.15) is 5.72 Å². The number of fused-ring (bicyclic) bond motifs is 1. The first-order valence-corrected chi connectivity index (χ1v) is 9.96. The number of hydrogen-bond acceptors (Lipinski definition) is 4. The molecule has 0 aromatic heterocycles. The fourth-order valence-electron chi connectivity index (χ4n) is 4.54. The largest absolute Gasteiger partial charge is 0.480 e. The maximum atomic E-state index is 13.6. The van der Waals surface area contributed by atoms with Gasteiger partial charge in [0.2, 0.25) is 0 Å². The van der Waals surface area contributed by atoms with Crippen LogP contribution in [0, 0.1) is 0 Å². The Labute approximate surface area is 164 Å². The van der Waals surface area contributed by atoms with Crippen molar-refractivity contribution < 1.29 is 19.4 Å². The van der Waals surface area contributed by atoms with E-state index in [0.29, 0.717) is 18.4 Å². The zero-order valence-corrected chi connectivity index (χ0v) is 16.1. The molecule has 2 aliphatic heterocycles. The zero-order chi connectivity index (χ0) is 19.7. The summed E-state index contributed by atoms with van der Waals surface area (Å²) in [7, 11) is 0. The molecule has 4 rings (SSSR count). The van der Waals surface area contributed by atoms with Gasteiger partial charge in [-0.3, -0.25) is 9.69 Å². The monoisotopic (exact) mass is 382 g/mol. The third kappa shape index (κ3) is 3.16. The van der Waals surface area contributed by atoms with Gasteiger partial charge in [0.15, 0.2) is 6.04 Å². The number of piperidine rings is 1. The topological polar surface area (TPSA) is 70.1 Å². The highest BCUT2D eigenvalue weighted by Gasteiger charge is 2.54. The third-order valence-corrected chi connectivity index (χ3v) is 5.96. The number of carboxylic acids is 1. The van der Waals surface area contributed by atoms with Crippen molar-refractivity contribution in [1.29, 1.82) is 0 Å². The van der Waals surface area contributed by atoms with Crippen LogP contribution >= 0.6 is 0 Å². The lowest BCUT2D eigenvalue weighted by Crippen LogP contribution is -2.58. The number of amides is 1. The molecule has 6 heteroatoms. The molecule has 28 heavy (non-hydrogen) atoms. The maximum absolute atomic E-state index is 13.6. The Morgan fingerprint density at radius 1 is 1.14 bits per heavy atom. The molecule has 0 unspecified atom stereocenters. The SMILES string of the molecule is CCCN1CCC2(CC1)OC[C@H](C(=O)O)N2C(=O)c1cccc2ccccc12. The minimum atomic E-state index is -1.01. The van der Waals surface area contributed by atoms with Crippen LogP contribution in [0.5, 0.6) is 0 Å². The van der Waals surface area contributed by atoms with E-state index in [0.717, 1.165) is 36.8 Å². The standard InChI is InChI=1S/C22H26N2O4/c1-2-12-23-13-10-22(11-14-23)24(19(15-28-22)21(26)27)20(25)18-9-5-7-16-6-3-4-8-17(16)18/h3-9,19H,2,10-15H2,1H3,(H,26,27)/t19-/m1/s1. The smallest absolute Gasteiger partial charge is 0.328 e. The van der Waals surface area contributed by atoms with Crippen LogP contribution < -0.4 is 0 Å². The first kappa shape index (κ1) is 18.9. The Hall–Kier alpha value is -2.44. The minimum Gasteiger partial charge on any atom is -0.480 e. The molecule has 6 nitrogen and oxygen atoms in total. The van der Waals surface area contributed by atoms with Crippen LogP contribution in [0.3, 0.4) is 0 Å². The van der Waals surface area contributed by atoms with Gasteiger partial charge in [0.25, 0.3) is 5.91 Å². The van der Waals surface area contributed by atoms with E-state index in [-0.39, 0.29) is 12.5 Å².